The van der Waals surface area contributed by atoms with Gasteiger partial charge < -0.3 is 25.0 Å². The Morgan fingerprint density at radius 1 is 1.11 bits per heavy atom. The highest BCUT2D eigenvalue weighted by atomic mass is 35.5. The zero-order valence-corrected chi connectivity index (χ0v) is 27.7. The van der Waals surface area contributed by atoms with E-state index in [-0.39, 0.29) is 28.9 Å². The molecule has 1 aliphatic carbocycles. The molecule has 11 nitrogen and oxygen atoms in total. The molecule has 0 bridgehead atoms. The standard InChI is InChI=1S/C33H38Cl2N8O3/c1-32(2,3)46-31(44)40-27-21-9-5-4-8-20(21)18-33(27)12-15-42(16-13-33)23-19-37-26-29(38-22-11-14-36-28(35)25(22)34)41-43(30(26)39-23)24-10-6-7-17-45-24/h4-5,8-9,11,14,19,24,27H,6-7,10,12-13,15-18H2,1-3H3,(H,40,44)(H,36,38,41)/t24?,27-/m1/s1. The van der Waals surface area contributed by atoms with E-state index < -0.39 is 5.60 Å². The molecule has 5 heterocycles. The molecule has 1 unspecified atom stereocenters. The molecule has 2 atom stereocenters. The minimum atomic E-state index is -0.571. The number of nitrogens with one attached hydrogen (secondary N) is 2. The highest BCUT2D eigenvalue weighted by molar-refractivity contribution is 6.43. The Kier molecular flexibility index (Phi) is 8.19. The lowest BCUT2D eigenvalue weighted by atomic mass is 9.72. The summed E-state index contributed by atoms with van der Waals surface area (Å²) in [4.78, 5) is 29.3. The lowest BCUT2D eigenvalue weighted by molar-refractivity contribution is -0.0368. The SMILES string of the molecule is CC(C)(C)OC(=O)N[C@@H]1c2ccccc2CC12CCN(c1cnc3c(Nc4ccnc(Cl)c4Cl)nn(C4CCCCO4)c3n1)CC2. The van der Waals surface area contributed by atoms with Crippen molar-refractivity contribution in [2.24, 2.45) is 5.41 Å². The molecule has 1 amide bonds. The van der Waals surface area contributed by atoms with Crippen molar-refractivity contribution in [3.05, 3.63) is 64.0 Å². The zero-order chi connectivity index (χ0) is 32.1. The van der Waals surface area contributed by atoms with Crippen molar-refractivity contribution >= 4 is 57.8 Å². The van der Waals surface area contributed by atoms with E-state index in [2.05, 4.69) is 38.7 Å². The van der Waals surface area contributed by atoms with Crippen LogP contribution >= 0.6 is 23.2 Å². The van der Waals surface area contributed by atoms with Crippen molar-refractivity contribution in [2.75, 3.05) is 29.9 Å². The second-order valence-corrected chi connectivity index (χ2v) is 14.1. The molecule has 46 heavy (non-hydrogen) atoms. The molecule has 242 valence electrons. The van der Waals surface area contributed by atoms with Gasteiger partial charge in [0.25, 0.3) is 0 Å². The summed E-state index contributed by atoms with van der Waals surface area (Å²) in [6.07, 6.45) is 8.33. The van der Waals surface area contributed by atoms with E-state index in [9.17, 15) is 4.79 Å². The zero-order valence-electron chi connectivity index (χ0n) is 26.2. The number of ether oxygens (including phenoxy) is 2. The molecule has 2 aliphatic heterocycles. The Labute approximate surface area is 278 Å². The average molecular weight is 666 g/mol. The van der Waals surface area contributed by atoms with Crippen LogP contribution in [-0.2, 0) is 15.9 Å². The first-order chi connectivity index (χ1) is 22.1. The van der Waals surface area contributed by atoms with Crippen LogP contribution < -0.4 is 15.5 Å². The summed E-state index contributed by atoms with van der Waals surface area (Å²) in [7, 11) is 0. The molecular weight excluding hydrogens is 627 g/mol. The minimum absolute atomic E-state index is 0.117. The molecule has 4 aromatic rings. The van der Waals surface area contributed by atoms with Crippen molar-refractivity contribution in [3.63, 3.8) is 0 Å². The van der Waals surface area contributed by atoms with E-state index in [0.29, 0.717) is 34.3 Å². The third-order valence-electron chi connectivity index (χ3n) is 9.18. The van der Waals surface area contributed by atoms with Crippen molar-refractivity contribution in [3.8, 4) is 0 Å². The number of pyridine rings is 1. The van der Waals surface area contributed by atoms with Gasteiger partial charge in [-0.1, -0.05) is 47.5 Å². The van der Waals surface area contributed by atoms with Gasteiger partial charge in [-0.3, -0.25) is 0 Å². The second-order valence-electron chi connectivity index (χ2n) is 13.4. The number of hydrogen-bond donors (Lipinski definition) is 2. The molecule has 1 spiro atoms. The maximum Gasteiger partial charge on any atom is 0.408 e. The summed E-state index contributed by atoms with van der Waals surface area (Å²) >= 11 is 12.6. The van der Waals surface area contributed by atoms with Crippen molar-refractivity contribution < 1.29 is 14.3 Å². The fraction of sp³-hybridized carbons (Fsp3) is 0.485. The van der Waals surface area contributed by atoms with Crippen molar-refractivity contribution in [1.29, 1.82) is 0 Å². The van der Waals surface area contributed by atoms with Gasteiger partial charge in [0, 0.05) is 31.3 Å². The quantitative estimate of drug-likeness (QED) is 0.211. The second kappa shape index (κ2) is 12.2. The highest BCUT2D eigenvalue weighted by Crippen LogP contribution is 2.52. The Morgan fingerprint density at radius 3 is 2.67 bits per heavy atom. The third kappa shape index (κ3) is 5.96. The first kappa shape index (κ1) is 31.0. The molecule has 2 N–H and O–H groups in total. The van der Waals surface area contributed by atoms with Gasteiger partial charge in [0.1, 0.15) is 21.6 Å². The number of rotatable bonds is 5. The Morgan fingerprint density at radius 2 is 1.91 bits per heavy atom. The van der Waals surface area contributed by atoms with E-state index in [0.717, 1.165) is 57.4 Å². The van der Waals surface area contributed by atoms with E-state index in [1.54, 1.807) is 18.5 Å². The number of carbonyl (C=O) groups is 1. The van der Waals surface area contributed by atoms with Gasteiger partial charge in [-0.05, 0) is 76.5 Å². The average Bonchev–Trinajstić information content (AvgIpc) is 3.54. The van der Waals surface area contributed by atoms with Gasteiger partial charge >= 0.3 is 6.09 Å². The number of fused-ring (bicyclic) bond motifs is 2. The van der Waals surface area contributed by atoms with Crippen LogP contribution in [0.3, 0.4) is 0 Å². The summed E-state index contributed by atoms with van der Waals surface area (Å²) < 4.78 is 13.6. The topological polar surface area (TPSA) is 119 Å². The summed E-state index contributed by atoms with van der Waals surface area (Å²) in [5.41, 5.74) is 3.61. The molecule has 0 radical (unpaired) electrons. The van der Waals surface area contributed by atoms with Gasteiger partial charge in [0.2, 0.25) is 0 Å². The van der Waals surface area contributed by atoms with Crippen LogP contribution in [-0.4, -0.2) is 56.1 Å². The number of halogens is 2. The van der Waals surface area contributed by atoms with Crippen LogP contribution in [0.4, 0.5) is 22.1 Å². The van der Waals surface area contributed by atoms with E-state index in [1.165, 1.54) is 11.1 Å². The number of alkyl carbamates (subject to hydrolysis) is 1. The van der Waals surface area contributed by atoms with Crippen LogP contribution in [0.1, 0.15) is 76.3 Å². The molecular formula is C33H38Cl2N8O3. The first-order valence-electron chi connectivity index (χ1n) is 15.9. The van der Waals surface area contributed by atoms with Crippen molar-refractivity contribution in [1.82, 2.24) is 30.0 Å². The summed E-state index contributed by atoms with van der Waals surface area (Å²) in [5.74, 6) is 1.30. The maximum atomic E-state index is 13.0. The predicted molar refractivity (Wildman–Crippen MR) is 178 cm³/mol. The number of piperidine rings is 1. The van der Waals surface area contributed by atoms with Crippen LogP contribution in [0.2, 0.25) is 10.2 Å². The Bertz CT molecular complexity index is 1760. The first-order valence-corrected chi connectivity index (χ1v) is 16.6. The summed E-state index contributed by atoms with van der Waals surface area (Å²) in [6, 6.07) is 10.0. The Hall–Kier alpha value is -3.67. The summed E-state index contributed by atoms with van der Waals surface area (Å²) in [6.45, 7) is 7.86. The number of hydrogen-bond acceptors (Lipinski definition) is 9. The number of carbonyl (C=O) groups excluding carboxylic acids is 1. The fourth-order valence-corrected chi connectivity index (χ4v) is 7.30. The van der Waals surface area contributed by atoms with Crippen LogP contribution in [0.15, 0.2) is 42.7 Å². The van der Waals surface area contributed by atoms with E-state index in [4.69, 9.17) is 47.7 Å². The Balaban J connectivity index is 1.16. The molecule has 3 aliphatic rings. The normalized spacial score (nSPS) is 20.9. The number of anilines is 3. The van der Waals surface area contributed by atoms with Crippen LogP contribution in [0.25, 0.3) is 11.2 Å². The maximum absolute atomic E-state index is 13.0. The molecule has 0 saturated carbocycles. The summed E-state index contributed by atoms with van der Waals surface area (Å²) in [5, 5.41) is 11.9. The molecule has 2 saturated heterocycles. The monoisotopic (exact) mass is 664 g/mol. The van der Waals surface area contributed by atoms with Gasteiger partial charge in [-0.25, -0.2) is 24.4 Å². The molecule has 1 aromatic carbocycles. The largest absolute Gasteiger partial charge is 0.444 e. The lowest BCUT2D eigenvalue weighted by Crippen LogP contribution is -2.48. The molecule has 2 fully saturated rings. The predicted octanol–water partition coefficient (Wildman–Crippen LogP) is 7.38. The third-order valence-corrected chi connectivity index (χ3v) is 9.95. The van der Waals surface area contributed by atoms with Gasteiger partial charge in [-0.15, -0.1) is 5.10 Å². The van der Waals surface area contributed by atoms with Gasteiger partial charge in [0.15, 0.2) is 23.2 Å². The highest BCUT2D eigenvalue weighted by Gasteiger charge is 2.49. The molecule has 13 heteroatoms. The number of benzene rings is 1. The molecule has 7 rings (SSSR count). The minimum Gasteiger partial charge on any atom is -0.444 e. The van der Waals surface area contributed by atoms with Crippen molar-refractivity contribution in [2.45, 2.75) is 77.2 Å². The lowest BCUT2D eigenvalue weighted by Gasteiger charge is -2.43. The van der Waals surface area contributed by atoms with Gasteiger partial charge in [-0.2, -0.15) is 0 Å². The van der Waals surface area contributed by atoms with Crippen LogP contribution in [0.5, 0.6) is 0 Å². The molecule has 3 aromatic heterocycles. The van der Waals surface area contributed by atoms with Crippen LogP contribution in [0, 0.1) is 5.41 Å². The van der Waals surface area contributed by atoms with Gasteiger partial charge in [0.05, 0.1) is 17.9 Å². The number of nitrogens with zero attached hydrogens (tertiary/aromatic N) is 6. The van der Waals surface area contributed by atoms with E-state index in [1.807, 2.05) is 31.5 Å². The smallest absolute Gasteiger partial charge is 0.408 e. The number of aromatic nitrogens is 5. The number of amides is 1. The fourth-order valence-electron chi connectivity index (χ4n) is 6.99. The van der Waals surface area contributed by atoms with E-state index >= 15 is 0 Å².